The second-order valence-corrected chi connectivity index (χ2v) is 5.74. The normalized spacial score (nSPS) is 15.3. The van der Waals surface area contributed by atoms with E-state index in [2.05, 4.69) is 15.7 Å². The number of carbonyl (C=O) groups excluding carboxylic acids is 2. The van der Waals surface area contributed by atoms with Crippen molar-refractivity contribution in [1.29, 1.82) is 0 Å². The number of benzene rings is 1. The molecule has 6 nitrogen and oxygen atoms in total. The van der Waals surface area contributed by atoms with Gasteiger partial charge in [0.2, 0.25) is 11.8 Å². The number of amides is 2. The van der Waals surface area contributed by atoms with Gasteiger partial charge in [0.25, 0.3) is 0 Å². The predicted octanol–water partition coefficient (Wildman–Crippen LogP) is 2.16. The third kappa shape index (κ3) is 4.11. The minimum absolute atomic E-state index is 0.256. The van der Waals surface area contributed by atoms with Crippen molar-refractivity contribution in [3.63, 3.8) is 0 Å². The Labute approximate surface area is 138 Å². The van der Waals surface area contributed by atoms with Crippen molar-refractivity contribution in [2.45, 2.75) is 26.3 Å². The summed E-state index contributed by atoms with van der Waals surface area (Å²) >= 11 is 11.9. The molecule has 0 saturated carbocycles. The van der Waals surface area contributed by atoms with Crippen molar-refractivity contribution >= 4 is 46.5 Å². The van der Waals surface area contributed by atoms with Gasteiger partial charge in [-0.05, 0) is 25.1 Å². The fourth-order valence-corrected chi connectivity index (χ4v) is 2.29. The summed E-state index contributed by atoms with van der Waals surface area (Å²) in [5.41, 5.74) is 0.800. The van der Waals surface area contributed by atoms with Gasteiger partial charge in [-0.2, -0.15) is 5.10 Å². The minimum atomic E-state index is -0.612. The van der Waals surface area contributed by atoms with Gasteiger partial charge >= 0.3 is 0 Å². The molecule has 2 amide bonds. The molecule has 0 aliphatic carbocycles. The Morgan fingerprint density at radius 1 is 1.32 bits per heavy atom. The van der Waals surface area contributed by atoms with E-state index < -0.39 is 6.04 Å². The molecule has 118 valence electrons. The van der Waals surface area contributed by atoms with Crippen LogP contribution in [0.2, 0.25) is 10.0 Å². The summed E-state index contributed by atoms with van der Waals surface area (Å²) < 4.78 is 0. The summed E-state index contributed by atoms with van der Waals surface area (Å²) in [4.78, 5) is 22.9. The number of hydrogen-bond acceptors (Lipinski definition) is 4. The molecular weight excluding hydrogens is 327 g/mol. The zero-order valence-electron chi connectivity index (χ0n) is 12.2. The fraction of sp³-hybridized carbons (Fsp3) is 0.357. The molecule has 1 aliphatic heterocycles. The molecule has 0 spiro atoms. The predicted molar refractivity (Wildman–Crippen MR) is 87.3 cm³/mol. The molecule has 0 saturated heterocycles. The standard InChI is InChI=1S/C14H16Cl2N4O2/c1-8(17-9(2)21)14(22)18-13-5-6-20(19-13)10-3-4-11(15)12(16)7-10/h3-4,7-8H,5-6H2,1-2H3,(H,17,21)(H,18,19,22)/t8-/m0/s1. The molecule has 1 heterocycles. The molecule has 1 aromatic carbocycles. The number of amidine groups is 1. The maximum absolute atomic E-state index is 11.9. The number of hydrogen-bond donors (Lipinski definition) is 2. The highest BCUT2D eigenvalue weighted by Crippen LogP contribution is 2.28. The Balaban J connectivity index is 2.01. The van der Waals surface area contributed by atoms with E-state index >= 15 is 0 Å². The van der Waals surface area contributed by atoms with E-state index in [1.165, 1.54) is 6.92 Å². The molecule has 2 N–H and O–H groups in total. The van der Waals surface area contributed by atoms with Gasteiger partial charge in [-0.3, -0.25) is 14.6 Å². The van der Waals surface area contributed by atoms with Crippen LogP contribution in [0.15, 0.2) is 23.3 Å². The highest BCUT2D eigenvalue weighted by molar-refractivity contribution is 6.42. The smallest absolute Gasteiger partial charge is 0.247 e. The molecule has 8 heteroatoms. The first-order valence-corrected chi connectivity index (χ1v) is 7.50. The second kappa shape index (κ2) is 6.98. The van der Waals surface area contributed by atoms with Crippen molar-refractivity contribution < 1.29 is 9.59 Å². The summed E-state index contributed by atoms with van der Waals surface area (Å²) in [6, 6.07) is 4.62. The van der Waals surface area contributed by atoms with E-state index in [1.54, 1.807) is 24.1 Å². The van der Waals surface area contributed by atoms with Gasteiger partial charge in [0.1, 0.15) is 11.9 Å². The van der Waals surface area contributed by atoms with Crippen LogP contribution < -0.4 is 15.6 Å². The van der Waals surface area contributed by atoms with Crippen molar-refractivity contribution in [3.05, 3.63) is 28.2 Å². The summed E-state index contributed by atoms with van der Waals surface area (Å²) in [7, 11) is 0. The first kappa shape index (κ1) is 16.6. The highest BCUT2D eigenvalue weighted by atomic mass is 35.5. The van der Waals surface area contributed by atoms with Crippen LogP contribution in [0.25, 0.3) is 0 Å². The molecule has 0 unspecified atom stereocenters. The number of nitrogens with one attached hydrogen (secondary N) is 2. The lowest BCUT2D eigenvalue weighted by molar-refractivity contribution is -0.126. The summed E-state index contributed by atoms with van der Waals surface area (Å²) in [5, 5.41) is 12.2. The molecule has 22 heavy (non-hydrogen) atoms. The lowest BCUT2D eigenvalue weighted by atomic mass is 10.3. The van der Waals surface area contributed by atoms with Gasteiger partial charge in [-0.15, -0.1) is 0 Å². The van der Waals surface area contributed by atoms with Gasteiger partial charge in [0.05, 0.1) is 15.7 Å². The van der Waals surface area contributed by atoms with Gasteiger partial charge in [-0.1, -0.05) is 23.2 Å². The summed E-state index contributed by atoms with van der Waals surface area (Å²) in [6.07, 6.45) is 0.596. The molecule has 2 rings (SSSR count). The molecule has 1 atom stereocenters. The van der Waals surface area contributed by atoms with Crippen molar-refractivity contribution in [2.75, 3.05) is 11.6 Å². The van der Waals surface area contributed by atoms with Crippen LogP contribution in [0.1, 0.15) is 20.3 Å². The van der Waals surface area contributed by atoms with E-state index in [4.69, 9.17) is 23.2 Å². The number of halogens is 2. The lowest BCUT2D eigenvalue weighted by Gasteiger charge is -2.14. The molecule has 1 aliphatic rings. The SMILES string of the molecule is CC(=O)N[C@@H](C)C(=O)NC1=NN(c2ccc(Cl)c(Cl)c2)CC1. The van der Waals surface area contributed by atoms with Crippen molar-refractivity contribution in [2.24, 2.45) is 5.10 Å². The van der Waals surface area contributed by atoms with Crippen LogP contribution in [0.3, 0.4) is 0 Å². The average molecular weight is 343 g/mol. The third-order valence-electron chi connectivity index (χ3n) is 3.08. The maximum atomic E-state index is 11.9. The van der Waals surface area contributed by atoms with E-state index in [9.17, 15) is 9.59 Å². The molecular formula is C14H16Cl2N4O2. The van der Waals surface area contributed by atoms with Gasteiger partial charge in [-0.25, -0.2) is 0 Å². The van der Waals surface area contributed by atoms with E-state index in [0.717, 1.165) is 5.69 Å². The molecule has 1 aromatic rings. The first-order chi connectivity index (χ1) is 10.4. The first-order valence-electron chi connectivity index (χ1n) is 6.75. The Hall–Kier alpha value is -1.79. The van der Waals surface area contributed by atoms with Crippen molar-refractivity contribution in [1.82, 2.24) is 10.6 Å². The van der Waals surface area contributed by atoms with Crippen LogP contribution in [0, 0.1) is 0 Å². The summed E-state index contributed by atoms with van der Waals surface area (Å²) in [5.74, 6) is -0.00773. The molecule has 0 fully saturated rings. The Morgan fingerprint density at radius 2 is 2.05 bits per heavy atom. The largest absolute Gasteiger partial charge is 0.345 e. The monoisotopic (exact) mass is 342 g/mol. The average Bonchev–Trinajstić information content (AvgIpc) is 2.89. The highest BCUT2D eigenvalue weighted by Gasteiger charge is 2.21. The molecule has 0 radical (unpaired) electrons. The summed E-state index contributed by atoms with van der Waals surface area (Å²) in [6.45, 7) is 3.61. The second-order valence-electron chi connectivity index (χ2n) is 4.93. The van der Waals surface area contributed by atoms with Gasteiger partial charge in [0.15, 0.2) is 0 Å². The van der Waals surface area contributed by atoms with Crippen LogP contribution >= 0.6 is 23.2 Å². The quantitative estimate of drug-likeness (QED) is 0.883. The van der Waals surface area contributed by atoms with Crippen LogP contribution in [-0.4, -0.2) is 30.2 Å². The number of carbonyl (C=O) groups is 2. The lowest BCUT2D eigenvalue weighted by Crippen LogP contribution is -2.45. The fourth-order valence-electron chi connectivity index (χ4n) is 2.00. The van der Waals surface area contributed by atoms with Crippen molar-refractivity contribution in [3.8, 4) is 0 Å². The van der Waals surface area contributed by atoms with Gasteiger partial charge in [0, 0.05) is 19.9 Å². The number of hydrazone groups is 1. The maximum Gasteiger partial charge on any atom is 0.247 e. The van der Waals surface area contributed by atoms with E-state index in [0.29, 0.717) is 28.8 Å². The Morgan fingerprint density at radius 3 is 2.68 bits per heavy atom. The third-order valence-corrected chi connectivity index (χ3v) is 3.82. The zero-order chi connectivity index (χ0) is 16.3. The molecule has 0 aromatic heterocycles. The van der Waals surface area contributed by atoms with Crippen LogP contribution in [-0.2, 0) is 9.59 Å². The number of rotatable bonds is 3. The molecule has 0 bridgehead atoms. The topological polar surface area (TPSA) is 73.8 Å². The number of anilines is 1. The van der Waals surface area contributed by atoms with E-state index in [-0.39, 0.29) is 11.8 Å². The van der Waals surface area contributed by atoms with Gasteiger partial charge < -0.3 is 10.6 Å². The Bertz CT molecular complexity index is 633. The van der Waals surface area contributed by atoms with Crippen LogP contribution in [0.5, 0.6) is 0 Å². The minimum Gasteiger partial charge on any atom is -0.345 e. The number of nitrogens with zero attached hydrogens (tertiary/aromatic N) is 2. The van der Waals surface area contributed by atoms with Crippen LogP contribution in [0.4, 0.5) is 5.69 Å². The Kier molecular flexibility index (Phi) is 5.26. The van der Waals surface area contributed by atoms with E-state index in [1.807, 2.05) is 6.07 Å². The zero-order valence-corrected chi connectivity index (χ0v) is 13.7.